The van der Waals surface area contributed by atoms with E-state index in [-0.39, 0.29) is 0 Å². The van der Waals surface area contributed by atoms with Crippen molar-refractivity contribution in [3.8, 4) is 0 Å². The molecule has 0 saturated carbocycles. The van der Waals surface area contributed by atoms with Crippen LogP contribution < -0.4 is 5.73 Å². The summed E-state index contributed by atoms with van der Waals surface area (Å²) in [6, 6.07) is 0. The van der Waals surface area contributed by atoms with Gasteiger partial charge in [0.25, 0.3) is 0 Å². The third-order valence-corrected chi connectivity index (χ3v) is 1.54. The van der Waals surface area contributed by atoms with Gasteiger partial charge in [-0.05, 0) is 6.92 Å². The lowest BCUT2D eigenvalue weighted by Gasteiger charge is -2.16. The van der Waals surface area contributed by atoms with Crippen molar-refractivity contribution < 1.29 is 9.90 Å². The highest BCUT2D eigenvalue weighted by Crippen LogP contribution is 2.15. The predicted octanol–water partition coefficient (Wildman–Crippen LogP) is -0.332. The van der Waals surface area contributed by atoms with E-state index >= 15 is 0 Å². The molecule has 1 atom stereocenters. The first-order valence-electron chi connectivity index (χ1n) is 3.06. The summed E-state index contributed by atoms with van der Waals surface area (Å²) in [6.07, 6.45) is 2.86. The Morgan fingerprint density at radius 2 is 2.55 bits per heavy atom. The van der Waals surface area contributed by atoms with Crippen molar-refractivity contribution in [2.75, 3.05) is 0 Å². The molecule has 4 N–H and O–H groups in total. The zero-order chi connectivity index (χ0) is 8.48. The number of aromatic nitrogens is 2. The molecule has 0 aliphatic heterocycles. The topological polar surface area (TPSA) is 92.0 Å². The Bertz CT molecular complexity index is 253. The van der Waals surface area contributed by atoms with Crippen LogP contribution in [0.25, 0.3) is 0 Å². The van der Waals surface area contributed by atoms with E-state index in [2.05, 4.69) is 10.2 Å². The molecule has 5 nitrogen and oxygen atoms in total. The summed E-state index contributed by atoms with van der Waals surface area (Å²) in [5.74, 6) is -1.07. The van der Waals surface area contributed by atoms with E-state index in [1.165, 1.54) is 19.3 Å². The fraction of sp³-hybridized carbons (Fsp3) is 0.333. The van der Waals surface area contributed by atoms with Crippen molar-refractivity contribution >= 4 is 5.97 Å². The van der Waals surface area contributed by atoms with E-state index in [0.29, 0.717) is 5.56 Å². The van der Waals surface area contributed by atoms with Crippen LogP contribution in [0.5, 0.6) is 0 Å². The van der Waals surface area contributed by atoms with Gasteiger partial charge in [0, 0.05) is 11.8 Å². The molecule has 1 rings (SSSR count). The standard InChI is InChI=1S/C6H9N3O2/c1-6(7,5(10)11)4-2-8-9-3-4/h2-3H,7H2,1H3,(H,8,9)(H,10,11)/t6-/m1/s1. The van der Waals surface area contributed by atoms with Gasteiger partial charge in [0.2, 0.25) is 0 Å². The molecule has 0 aliphatic rings. The normalized spacial score (nSPS) is 15.8. The van der Waals surface area contributed by atoms with E-state index in [9.17, 15) is 4.79 Å². The molecule has 60 valence electrons. The second-order valence-corrected chi connectivity index (χ2v) is 2.49. The second kappa shape index (κ2) is 2.35. The fourth-order valence-electron chi connectivity index (χ4n) is 0.658. The predicted molar refractivity (Wildman–Crippen MR) is 37.8 cm³/mol. The summed E-state index contributed by atoms with van der Waals surface area (Å²) in [5, 5.41) is 14.7. The average Bonchev–Trinajstić information content (AvgIpc) is 2.37. The molecule has 1 aromatic heterocycles. The van der Waals surface area contributed by atoms with Crippen LogP contribution in [-0.2, 0) is 10.3 Å². The number of nitrogens with one attached hydrogen (secondary N) is 1. The second-order valence-electron chi connectivity index (χ2n) is 2.49. The quantitative estimate of drug-likeness (QED) is 0.545. The van der Waals surface area contributed by atoms with E-state index in [4.69, 9.17) is 10.8 Å². The summed E-state index contributed by atoms with van der Waals surface area (Å²) in [6.45, 7) is 1.42. The fourth-order valence-corrected chi connectivity index (χ4v) is 0.658. The number of nitrogens with two attached hydrogens (primary N) is 1. The van der Waals surface area contributed by atoms with Gasteiger partial charge in [-0.15, -0.1) is 0 Å². The molecule has 0 bridgehead atoms. The zero-order valence-corrected chi connectivity index (χ0v) is 6.03. The number of H-pyrrole nitrogens is 1. The monoisotopic (exact) mass is 155 g/mol. The molecule has 0 radical (unpaired) electrons. The smallest absolute Gasteiger partial charge is 0.328 e. The van der Waals surface area contributed by atoms with Crippen molar-refractivity contribution in [1.82, 2.24) is 10.2 Å². The molecule has 0 amide bonds. The molecule has 0 aromatic carbocycles. The highest BCUT2D eigenvalue weighted by atomic mass is 16.4. The summed E-state index contributed by atoms with van der Waals surface area (Å²) in [5.41, 5.74) is 4.57. The first-order chi connectivity index (χ1) is 5.05. The average molecular weight is 155 g/mol. The van der Waals surface area contributed by atoms with E-state index in [1.54, 1.807) is 0 Å². The Balaban J connectivity index is 3.00. The van der Waals surface area contributed by atoms with Gasteiger partial charge in [0.1, 0.15) is 5.54 Å². The van der Waals surface area contributed by atoms with Crippen molar-refractivity contribution in [1.29, 1.82) is 0 Å². The van der Waals surface area contributed by atoms with Crippen LogP contribution in [0, 0.1) is 0 Å². The maximum atomic E-state index is 10.6. The minimum Gasteiger partial charge on any atom is -0.480 e. The van der Waals surface area contributed by atoms with Gasteiger partial charge in [-0.3, -0.25) is 5.10 Å². The molecule has 0 spiro atoms. The van der Waals surface area contributed by atoms with Gasteiger partial charge in [0.05, 0.1) is 6.20 Å². The number of nitrogens with zero attached hydrogens (tertiary/aromatic N) is 1. The van der Waals surface area contributed by atoms with Crippen LogP contribution >= 0.6 is 0 Å². The van der Waals surface area contributed by atoms with Crippen molar-refractivity contribution in [3.63, 3.8) is 0 Å². The number of hydrogen-bond acceptors (Lipinski definition) is 3. The molecule has 1 heterocycles. The maximum absolute atomic E-state index is 10.6. The summed E-state index contributed by atoms with van der Waals surface area (Å²) >= 11 is 0. The first kappa shape index (κ1) is 7.74. The molecule has 0 fully saturated rings. The summed E-state index contributed by atoms with van der Waals surface area (Å²) < 4.78 is 0. The molecular formula is C6H9N3O2. The zero-order valence-electron chi connectivity index (χ0n) is 6.03. The number of carboxylic acid groups (broad SMARTS) is 1. The minimum absolute atomic E-state index is 0.463. The lowest BCUT2D eigenvalue weighted by Crippen LogP contribution is -2.41. The lowest BCUT2D eigenvalue weighted by atomic mass is 9.97. The highest BCUT2D eigenvalue weighted by Gasteiger charge is 2.30. The third-order valence-electron chi connectivity index (χ3n) is 1.54. The number of aliphatic carboxylic acids is 1. The van der Waals surface area contributed by atoms with Gasteiger partial charge in [-0.2, -0.15) is 5.10 Å². The van der Waals surface area contributed by atoms with E-state index in [1.807, 2.05) is 0 Å². The number of carboxylic acids is 1. The van der Waals surface area contributed by atoms with Crippen molar-refractivity contribution in [3.05, 3.63) is 18.0 Å². The Morgan fingerprint density at radius 1 is 1.91 bits per heavy atom. The van der Waals surface area contributed by atoms with Gasteiger partial charge in [-0.25, -0.2) is 4.79 Å². The number of aromatic amines is 1. The molecule has 0 aliphatic carbocycles. The largest absolute Gasteiger partial charge is 0.480 e. The molecule has 0 saturated heterocycles. The summed E-state index contributed by atoms with van der Waals surface area (Å²) in [4.78, 5) is 10.6. The highest BCUT2D eigenvalue weighted by molar-refractivity contribution is 5.79. The van der Waals surface area contributed by atoms with E-state index < -0.39 is 11.5 Å². The lowest BCUT2D eigenvalue weighted by molar-refractivity contribution is -0.143. The van der Waals surface area contributed by atoms with Crippen LogP contribution in [0.15, 0.2) is 12.4 Å². The van der Waals surface area contributed by atoms with Crippen LogP contribution in [0.4, 0.5) is 0 Å². The third kappa shape index (κ3) is 1.22. The van der Waals surface area contributed by atoms with Crippen LogP contribution in [0.3, 0.4) is 0 Å². The SMILES string of the molecule is C[C@](N)(C(=O)O)c1cn[nH]c1. The Labute approximate surface area is 63.2 Å². The molecule has 0 unspecified atom stereocenters. The van der Waals surface area contributed by atoms with Gasteiger partial charge >= 0.3 is 5.97 Å². The van der Waals surface area contributed by atoms with Crippen LogP contribution in [-0.4, -0.2) is 21.3 Å². The van der Waals surface area contributed by atoms with E-state index in [0.717, 1.165) is 0 Å². The molecule has 11 heavy (non-hydrogen) atoms. The van der Waals surface area contributed by atoms with Crippen LogP contribution in [0.1, 0.15) is 12.5 Å². The van der Waals surface area contributed by atoms with Gasteiger partial charge in [0.15, 0.2) is 0 Å². The van der Waals surface area contributed by atoms with Gasteiger partial charge in [-0.1, -0.05) is 0 Å². The first-order valence-corrected chi connectivity index (χ1v) is 3.06. The Kier molecular flexibility index (Phi) is 1.66. The molecular weight excluding hydrogens is 146 g/mol. The summed E-state index contributed by atoms with van der Waals surface area (Å²) in [7, 11) is 0. The minimum atomic E-state index is -1.35. The van der Waals surface area contributed by atoms with Crippen molar-refractivity contribution in [2.45, 2.75) is 12.5 Å². The maximum Gasteiger partial charge on any atom is 0.328 e. The Morgan fingerprint density at radius 3 is 2.91 bits per heavy atom. The molecule has 5 heteroatoms. The van der Waals surface area contributed by atoms with Crippen molar-refractivity contribution in [2.24, 2.45) is 5.73 Å². The van der Waals surface area contributed by atoms with Gasteiger partial charge < -0.3 is 10.8 Å². The number of rotatable bonds is 2. The number of carbonyl (C=O) groups is 1. The molecule has 1 aromatic rings. The Hall–Kier alpha value is -1.36. The number of hydrogen-bond donors (Lipinski definition) is 3. The van der Waals surface area contributed by atoms with Crippen LogP contribution in [0.2, 0.25) is 0 Å².